The molecule has 4 nitrogen and oxygen atoms in total. The Morgan fingerprint density at radius 1 is 1.64 bits per heavy atom. The fraction of sp³-hybridized carbons (Fsp3) is 1.00. The largest absolute Gasteiger partial charge is 0.771 e. The minimum absolute atomic E-state index is 0.209. The summed E-state index contributed by atoms with van der Waals surface area (Å²) in [5, 5.41) is 3.09. The second-order valence-corrected chi connectivity index (χ2v) is 3.28. The van der Waals surface area contributed by atoms with Crippen molar-refractivity contribution in [3.05, 3.63) is 0 Å². The van der Waals surface area contributed by atoms with E-state index in [1.54, 1.807) is 0 Å². The van der Waals surface area contributed by atoms with Crippen molar-refractivity contribution in [2.45, 2.75) is 19.9 Å². The fourth-order valence-electron chi connectivity index (χ4n) is 0.547. The number of hydrogen-bond donors (Lipinski definition) is 1. The number of ether oxygens (including phenoxy) is 1. The SMILES string of the molecule is CC(C)NCCOCS(=O)[O-]. The molecular formula is C6H14NO3S-. The Morgan fingerprint density at radius 3 is 2.73 bits per heavy atom. The van der Waals surface area contributed by atoms with Crippen molar-refractivity contribution in [1.82, 2.24) is 5.32 Å². The summed E-state index contributed by atoms with van der Waals surface area (Å²) in [5.74, 6) is -0.209. The zero-order valence-electron chi connectivity index (χ0n) is 6.83. The molecular weight excluding hydrogens is 166 g/mol. The molecule has 68 valence electrons. The van der Waals surface area contributed by atoms with Crippen LogP contribution in [0.1, 0.15) is 13.8 Å². The van der Waals surface area contributed by atoms with Gasteiger partial charge < -0.3 is 14.6 Å². The van der Waals surface area contributed by atoms with Crippen molar-refractivity contribution in [1.29, 1.82) is 0 Å². The zero-order chi connectivity index (χ0) is 8.69. The first kappa shape index (κ1) is 11.0. The van der Waals surface area contributed by atoms with Crippen molar-refractivity contribution < 1.29 is 13.5 Å². The van der Waals surface area contributed by atoms with Crippen LogP contribution in [-0.2, 0) is 15.8 Å². The summed E-state index contributed by atoms with van der Waals surface area (Å²) >= 11 is -2.08. The lowest BCUT2D eigenvalue weighted by Crippen LogP contribution is -2.27. The molecule has 1 atom stereocenters. The molecule has 0 aromatic carbocycles. The Morgan fingerprint density at radius 2 is 2.27 bits per heavy atom. The van der Waals surface area contributed by atoms with Gasteiger partial charge in [-0.2, -0.15) is 0 Å². The first-order chi connectivity index (χ1) is 5.13. The van der Waals surface area contributed by atoms with E-state index in [2.05, 4.69) is 5.32 Å². The van der Waals surface area contributed by atoms with Crippen LogP contribution in [0.5, 0.6) is 0 Å². The number of hydrogen-bond acceptors (Lipinski definition) is 4. The molecule has 0 heterocycles. The van der Waals surface area contributed by atoms with Crippen LogP contribution in [0.2, 0.25) is 0 Å². The molecule has 0 aliphatic rings. The Bertz CT molecular complexity index is 118. The van der Waals surface area contributed by atoms with E-state index in [0.29, 0.717) is 19.2 Å². The molecule has 0 fully saturated rings. The average molecular weight is 180 g/mol. The summed E-state index contributed by atoms with van der Waals surface area (Å²) in [4.78, 5) is 0. The number of rotatable bonds is 6. The third-order valence-electron chi connectivity index (χ3n) is 0.979. The Hall–Kier alpha value is 0.0300. The predicted molar refractivity (Wildman–Crippen MR) is 42.9 cm³/mol. The van der Waals surface area contributed by atoms with Gasteiger partial charge in [-0.25, -0.2) is 0 Å². The standard InChI is InChI=1S/C6H15NO3S/c1-6(2)7-3-4-10-5-11(8)9/h6-7H,3-5H2,1-2H3,(H,8,9)/p-1. The van der Waals surface area contributed by atoms with Crippen molar-refractivity contribution in [2.75, 3.05) is 19.1 Å². The van der Waals surface area contributed by atoms with Gasteiger partial charge in [-0.05, 0) is 11.1 Å². The predicted octanol–water partition coefficient (Wildman–Crippen LogP) is -0.162. The molecule has 0 bridgehead atoms. The summed E-state index contributed by atoms with van der Waals surface area (Å²) in [6.07, 6.45) is 0. The molecule has 0 spiro atoms. The molecule has 0 aromatic rings. The van der Waals surface area contributed by atoms with Crippen LogP contribution in [-0.4, -0.2) is 33.9 Å². The smallest absolute Gasteiger partial charge is 0.109 e. The van der Waals surface area contributed by atoms with Crippen LogP contribution in [0.3, 0.4) is 0 Å². The van der Waals surface area contributed by atoms with E-state index in [1.807, 2.05) is 13.8 Å². The molecule has 11 heavy (non-hydrogen) atoms. The van der Waals surface area contributed by atoms with Crippen LogP contribution < -0.4 is 5.32 Å². The van der Waals surface area contributed by atoms with Gasteiger partial charge in [0.1, 0.15) is 5.94 Å². The van der Waals surface area contributed by atoms with Gasteiger partial charge in [0.15, 0.2) is 0 Å². The van der Waals surface area contributed by atoms with Crippen molar-refractivity contribution in [3.8, 4) is 0 Å². The maximum atomic E-state index is 9.95. The lowest BCUT2D eigenvalue weighted by molar-refractivity contribution is 0.174. The first-order valence-corrected chi connectivity index (χ1v) is 4.74. The van der Waals surface area contributed by atoms with E-state index in [4.69, 9.17) is 4.74 Å². The third kappa shape index (κ3) is 10.0. The fourth-order valence-corrected chi connectivity index (χ4v) is 0.801. The maximum absolute atomic E-state index is 9.95. The van der Waals surface area contributed by atoms with E-state index in [-0.39, 0.29) is 5.94 Å². The lowest BCUT2D eigenvalue weighted by atomic mass is 10.4. The lowest BCUT2D eigenvalue weighted by Gasteiger charge is -2.09. The van der Waals surface area contributed by atoms with Gasteiger partial charge in [-0.3, -0.25) is 4.21 Å². The maximum Gasteiger partial charge on any atom is 0.109 e. The first-order valence-electron chi connectivity index (χ1n) is 3.50. The van der Waals surface area contributed by atoms with Crippen molar-refractivity contribution in [3.63, 3.8) is 0 Å². The van der Waals surface area contributed by atoms with Gasteiger partial charge >= 0.3 is 0 Å². The van der Waals surface area contributed by atoms with Crippen molar-refractivity contribution in [2.24, 2.45) is 0 Å². The van der Waals surface area contributed by atoms with Crippen LogP contribution in [0.25, 0.3) is 0 Å². The molecule has 0 aliphatic carbocycles. The van der Waals surface area contributed by atoms with Crippen LogP contribution in [0.15, 0.2) is 0 Å². The third-order valence-corrected chi connectivity index (χ3v) is 1.34. The topological polar surface area (TPSA) is 61.4 Å². The molecule has 0 saturated carbocycles. The van der Waals surface area contributed by atoms with Crippen LogP contribution in [0.4, 0.5) is 0 Å². The van der Waals surface area contributed by atoms with Gasteiger partial charge in [-0.1, -0.05) is 13.8 Å². The molecule has 0 saturated heterocycles. The monoisotopic (exact) mass is 180 g/mol. The molecule has 5 heteroatoms. The van der Waals surface area contributed by atoms with E-state index >= 15 is 0 Å². The average Bonchev–Trinajstić information content (AvgIpc) is 1.85. The highest BCUT2D eigenvalue weighted by molar-refractivity contribution is 7.78. The Kier molecular flexibility index (Phi) is 6.74. The molecule has 1 unspecified atom stereocenters. The van der Waals surface area contributed by atoms with Gasteiger partial charge in [0.2, 0.25) is 0 Å². The highest BCUT2D eigenvalue weighted by Gasteiger charge is 1.90. The molecule has 1 N–H and O–H groups in total. The van der Waals surface area contributed by atoms with E-state index in [9.17, 15) is 8.76 Å². The van der Waals surface area contributed by atoms with Crippen LogP contribution >= 0.6 is 0 Å². The summed E-state index contributed by atoms with van der Waals surface area (Å²) in [7, 11) is 0. The highest BCUT2D eigenvalue weighted by atomic mass is 32.2. The van der Waals surface area contributed by atoms with Crippen molar-refractivity contribution >= 4 is 11.1 Å². The van der Waals surface area contributed by atoms with E-state index in [1.165, 1.54) is 0 Å². The van der Waals surface area contributed by atoms with Crippen LogP contribution in [0, 0.1) is 0 Å². The quantitative estimate of drug-likeness (QED) is 0.455. The Labute approximate surface area is 69.6 Å². The minimum Gasteiger partial charge on any atom is -0.771 e. The minimum atomic E-state index is -2.08. The molecule has 0 aliphatic heterocycles. The summed E-state index contributed by atoms with van der Waals surface area (Å²) < 4.78 is 24.7. The zero-order valence-corrected chi connectivity index (χ0v) is 7.65. The summed E-state index contributed by atoms with van der Waals surface area (Å²) in [5.41, 5.74) is 0. The van der Waals surface area contributed by atoms with E-state index in [0.717, 1.165) is 0 Å². The molecule has 0 rings (SSSR count). The second-order valence-electron chi connectivity index (χ2n) is 2.44. The highest BCUT2D eigenvalue weighted by Crippen LogP contribution is 1.79. The summed E-state index contributed by atoms with van der Waals surface area (Å²) in [6, 6.07) is 0.413. The molecule has 0 radical (unpaired) electrons. The molecule has 0 aromatic heterocycles. The van der Waals surface area contributed by atoms with Gasteiger partial charge in [-0.15, -0.1) is 0 Å². The van der Waals surface area contributed by atoms with Gasteiger partial charge in [0.25, 0.3) is 0 Å². The summed E-state index contributed by atoms with van der Waals surface area (Å²) in [6.45, 7) is 5.17. The number of nitrogens with one attached hydrogen (secondary N) is 1. The Balaban J connectivity index is 2.97. The van der Waals surface area contributed by atoms with E-state index < -0.39 is 11.1 Å². The van der Waals surface area contributed by atoms with Gasteiger partial charge in [0, 0.05) is 12.6 Å². The van der Waals surface area contributed by atoms with Gasteiger partial charge in [0.05, 0.1) is 6.61 Å². The molecule has 0 amide bonds. The second kappa shape index (κ2) is 6.72. The normalized spacial score (nSPS) is 13.8.